The second-order valence-corrected chi connectivity index (χ2v) is 4.85. The molecule has 1 aromatic carbocycles. The fraction of sp³-hybridized carbons (Fsp3) is 0.267. The number of rotatable bonds is 4. The van der Waals surface area contributed by atoms with E-state index in [0.717, 1.165) is 12.8 Å². The molecule has 18 heavy (non-hydrogen) atoms. The maximum absolute atomic E-state index is 12.3. The van der Waals surface area contributed by atoms with Crippen molar-refractivity contribution in [3.05, 3.63) is 57.5 Å². The summed E-state index contributed by atoms with van der Waals surface area (Å²) in [7, 11) is 0. The summed E-state index contributed by atoms with van der Waals surface area (Å²) >= 11 is 3.24. The van der Waals surface area contributed by atoms with E-state index in [1.807, 2.05) is 18.2 Å². The number of aryl methyl sites for hydroxylation is 2. The zero-order chi connectivity index (χ0) is 13.1. The highest BCUT2D eigenvalue weighted by molar-refractivity contribution is 9.10. The van der Waals surface area contributed by atoms with E-state index in [1.165, 1.54) is 17.4 Å². The SMILES string of the molecule is CCc1ccc(C(=O)c2ccoc2Br)cc1CC. The van der Waals surface area contributed by atoms with E-state index < -0.39 is 0 Å². The molecule has 0 spiro atoms. The molecular formula is C15H15BrO2. The number of hydrogen-bond donors (Lipinski definition) is 0. The average molecular weight is 307 g/mol. The molecule has 0 aliphatic carbocycles. The zero-order valence-corrected chi connectivity index (χ0v) is 12.1. The molecule has 0 bridgehead atoms. The normalized spacial score (nSPS) is 10.6. The van der Waals surface area contributed by atoms with E-state index in [0.29, 0.717) is 15.8 Å². The Morgan fingerprint density at radius 1 is 1.17 bits per heavy atom. The fourth-order valence-corrected chi connectivity index (χ4v) is 2.47. The molecule has 0 radical (unpaired) electrons. The van der Waals surface area contributed by atoms with Crippen LogP contribution in [0.3, 0.4) is 0 Å². The Hall–Kier alpha value is -1.35. The van der Waals surface area contributed by atoms with E-state index >= 15 is 0 Å². The van der Waals surface area contributed by atoms with Crippen molar-refractivity contribution in [3.8, 4) is 0 Å². The highest BCUT2D eigenvalue weighted by atomic mass is 79.9. The Labute approximate surface area is 115 Å². The van der Waals surface area contributed by atoms with Crippen molar-refractivity contribution in [2.75, 3.05) is 0 Å². The molecule has 0 atom stereocenters. The van der Waals surface area contributed by atoms with Gasteiger partial charge in [0.1, 0.15) is 0 Å². The van der Waals surface area contributed by atoms with Crippen LogP contribution in [-0.4, -0.2) is 5.78 Å². The maximum atomic E-state index is 12.3. The first-order valence-corrected chi connectivity index (χ1v) is 6.86. The number of ketones is 1. The molecule has 0 aliphatic rings. The Kier molecular flexibility index (Phi) is 4.02. The monoisotopic (exact) mass is 306 g/mol. The molecule has 2 rings (SSSR count). The number of hydrogen-bond acceptors (Lipinski definition) is 2. The summed E-state index contributed by atoms with van der Waals surface area (Å²) in [4.78, 5) is 12.3. The van der Waals surface area contributed by atoms with Crippen molar-refractivity contribution in [2.45, 2.75) is 26.7 Å². The predicted molar refractivity (Wildman–Crippen MR) is 75.0 cm³/mol. The molecule has 0 saturated carbocycles. The summed E-state index contributed by atoms with van der Waals surface area (Å²) in [6.07, 6.45) is 3.45. The van der Waals surface area contributed by atoms with E-state index in [9.17, 15) is 4.79 Å². The largest absolute Gasteiger partial charge is 0.457 e. The van der Waals surface area contributed by atoms with Crippen LogP contribution in [0, 0.1) is 0 Å². The minimum atomic E-state index is -0.00650. The van der Waals surface area contributed by atoms with Crippen LogP contribution in [0.15, 0.2) is 39.6 Å². The Bertz CT molecular complexity index is 570. The first-order chi connectivity index (χ1) is 8.67. The van der Waals surface area contributed by atoms with Gasteiger partial charge in [0.25, 0.3) is 0 Å². The highest BCUT2D eigenvalue weighted by Crippen LogP contribution is 2.22. The molecular weight excluding hydrogens is 292 g/mol. The number of carbonyl (C=O) groups excluding carboxylic acids is 1. The van der Waals surface area contributed by atoms with Crippen LogP contribution in [0.2, 0.25) is 0 Å². The number of carbonyl (C=O) groups is 1. The van der Waals surface area contributed by atoms with E-state index in [2.05, 4.69) is 29.8 Å². The zero-order valence-electron chi connectivity index (χ0n) is 10.5. The van der Waals surface area contributed by atoms with Crippen molar-refractivity contribution in [3.63, 3.8) is 0 Å². The van der Waals surface area contributed by atoms with Crippen molar-refractivity contribution in [1.82, 2.24) is 0 Å². The van der Waals surface area contributed by atoms with E-state index in [-0.39, 0.29) is 5.78 Å². The van der Waals surface area contributed by atoms with Gasteiger partial charge in [-0.05, 0) is 52.0 Å². The molecule has 2 aromatic rings. The standard InChI is InChI=1S/C15H15BrO2/c1-3-10-5-6-12(9-11(10)4-2)14(17)13-7-8-18-15(13)16/h5-9H,3-4H2,1-2H3. The van der Waals surface area contributed by atoms with Crippen molar-refractivity contribution in [2.24, 2.45) is 0 Å². The van der Waals surface area contributed by atoms with Gasteiger partial charge < -0.3 is 4.42 Å². The van der Waals surface area contributed by atoms with E-state index in [1.54, 1.807) is 6.07 Å². The van der Waals surface area contributed by atoms with Gasteiger partial charge in [-0.2, -0.15) is 0 Å². The summed E-state index contributed by atoms with van der Waals surface area (Å²) < 4.78 is 5.60. The van der Waals surface area contributed by atoms with Gasteiger partial charge in [0.05, 0.1) is 11.8 Å². The minimum absolute atomic E-state index is 0.00650. The van der Waals surface area contributed by atoms with Crippen molar-refractivity contribution >= 4 is 21.7 Å². The molecule has 0 unspecified atom stereocenters. The van der Waals surface area contributed by atoms with Gasteiger partial charge in [-0.15, -0.1) is 0 Å². The third-order valence-corrected chi connectivity index (χ3v) is 3.71. The van der Waals surface area contributed by atoms with Gasteiger partial charge in [0.15, 0.2) is 10.5 Å². The molecule has 1 heterocycles. The lowest BCUT2D eigenvalue weighted by atomic mass is 9.97. The van der Waals surface area contributed by atoms with Crippen LogP contribution < -0.4 is 0 Å². The van der Waals surface area contributed by atoms with Crippen molar-refractivity contribution in [1.29, 1.82) is 0 Å². The van der Waals surface area contributed by atoms with Gasteiger partial charge in [-0.1, -0.05) is 26.0 Å². The van der Waals surface area contributed by atoms with Crippen LogP contribution >= 0.6 is 15.9 Å². The summed E-state index contributed by atoms with van der Waals surface area (Å²) in [5.74, 6) is -0.00650. The molecule has 0 aliphatic heterocycles. The second kappa shape index (κ2) is 5.53. The topological polar surface area (TPSA) is 30.2 Å². The maximum Gasteiger partial charge on any atom is 0.197 e. The minimum Gasteiger partial charge on any atom is -0.457 e. The molecule has 3 heteroatoms. The van der Waals surface area contributed by atoms with E-state index in [4.69, 9.17) is 4.42 Å². The van der Waals surface area contributed by atoms with Gasteiger partial charge in [0, 0.05) is 5.56 Å². The molecule has 0 saturated heterocycles. The van der Waals surface area contributed by atoms with Crippen LogP contribution in [0.25, 0.3) is 0 Å². The van der Waals surface area contributed by atoms with Crippen LogP contribution in [0.5, 0.6) is 0 Å². The van der Waals surface area contributed by atoms with Gasteiger partial charge in [0.2, 0.25) is 0 Å². The van der Waals surface area contributed by atoms with Crippen LogP contribution in [-0.2, 0) is 12.8 Å². The van der Waals surface area contributed by atoms with Gasteiger partial charge in [-0.25, -0.2) is 0 Å². The first-order valence-electron chi connectivity index (χ1n) is 6.06. The molecule has 0 amide bonds. The van der Waals surface area contributed by atoms with Crippen LogP contribution in [0.4, 0.5) is 0 Å². The summed E-state index contributed by atoms with van der Waals surface area (Å²) in [5.41, 5.74) is 3.83. The van der Waals surface area contributed by atoms with Crippen molar-refractivity contribution < 1.29 is 9.21 Å². The first kappa shape index (κ1) is 13.1. The average Bonchev–Trinajstić information content (AvgIpc) is 2.83. The third kappa shape index (κ3) is 2.41. The van der Waals surface area contributed by atoms with Gasteiger partial charge in [-0.3, -0.25) is 4.79 Å². The number of furan rings is 1. The lowest BCUT2D eigenvalue weighted by molar-refractivity contribution is 0.103. The second-order valence-electron chi connectivity index (χ2n) is 4.13. The Balaban J connectivity index is 2.40. The Morgan fingerprint density at radius 3 is 2.44 bits per heavy atom. The number of benzene rings is 1. The molecule has 94 valence electrons. The smallest absolute Gasteiger partial charge is 0.197 e. The Morgan fingerprint density at radius 2 is 1.89 bits per heavy atom. The molecule has 1 aromatic heterocycles. The predicted octanol–water partition coefficient (Wildman–Crippen LogP) is 4.40. The number of halogens is 1. The highest BCUT2D eigenvalue weighted by Gasteiger charge is 2.15. The summed E-state index contributed by atoms with van der Waals surface area (Å²) in [6.45, 7) is 4.24. The summed E-state index contributed by atoms with van der Waals surface area (Å²) in [6, 6.07) is 7.60. The summed E-state index contributed by atoms with van der Waals surface area (Å²) in [5, 5.41) is 0. The molecule has 2 nitrogen and oxygen atoms in total. The van der Waals surface area contributed by atoms with Gasteiger partial charge >= 0.3 is 0 Å². The fourth-order valence-electron chi connectivity index (χ4n) is 2.05. The molecule has 0 N–H and O–H groups in total. The third-order valence-electron chi connectivity index (χ3n) is 3.09. The quantitative estimate of drug-likeness (QED) is 0.784. The lowest BCUT2D eigenvalue weighted by Crippen LogP contribution is -2.03. The van der Waals surface area contributed by atoms with Crippen LogP contribution in [0.1, 0.15) is 40.9 Å². The molecule has 0 fully saturated rings. The lowest BCUT2D eigenvalue weighted by Gasteiger charge is -2.07.